The molecule has 1 saturated heterocycles. The fourth-order valence-electron chi connectivity index (χ4n) is 2.98. The van der Waals surface area contributed by atoms with Crippen LogP contribution >= 0.6 is 0 Å². The van der Waals surface area contributed by atoms with E-state index in [1.54, 1.807) is 30.3 Å². The highest BCUT2D eigenvalue weighted by molar-refractivity contribution is 7.93. The minimum atomic E-state index is -3.28. The second kappa shape index (κ2) is 5.52. The van der Waals surface area contributed by atoms with Crippen molar-refractivity contribution in [1.82, 2.24) is 14.6 Å². The van der Waals surface area contributed by atoms with Gasteiger partial charge in [-0.2, -0.15) is 5.10 Å². The fourth-order valence-corrected chi connectivity index (χ4v) is 4.53. The molecule has 1 aromatic carbocycles. The molecule has 0 saturated carbocycles. The van der Waals surface area contributed by atoms with Crippen LogP contribution in [0.2, 0.25) is 0 Å². The van der Waals surface area contributed by atoms with E-state index < -0.39 is 14.9 Å². The first kappa shape index (κ1) is 15.5. The van der Waals surface area contributed by atoms with E-state index in [0.29, 0.717) is 29.9 Å². The van der Waals surface area contributed by atoms with E-state index in [0.717, 1.165) is 6.20 Å². The summed E-state index contributed by atoms with van der Waals surface area (Å²) in [6, 6.07) is 8.71. The summed E-state index contributed by atoms with van der Waals surface area (Å²) in [5.41, 5.74) is 1.82. The van der Waals surface area contributed by atoms with Crippen LogP contribution in [-0.2, 0) is 10.0 Å². The van der Waals surface area contributed by atoms with Crippen molar-refractivity contribution in [2.75, 3.05) is 16.6 Å². The minimum Gasteiger partial charge on any atom is -0.270 e. The normalized spacial score (nSPS) is 16.4. The summed E-state index contributed by atoms with van der Waals surface area (Å²) in [6.45, 7) is 0.449. The first-order valence-electron chi connectivity index (χ1n) is 7.55. The second-order valence-corrected chi connectivity index (χ2v) is 7.66. The van der Waals surface area contributed by atoms with Gasteiger partial charge in [-0.25, -0.2) is 17.9 Å². The predicted octanol–water partition coefficient (Wildman–Crippen LogP) is 1.84. The lowest BCUT2D eigenvalue weighted by atomic mass is 10.1. The molecule has 128 valence electrons. The molecule has 1 aliphatic heterocycles. The highest BCUT2D eigenvalue weighted by atomic mass is 32.2. The smallest absolute Gasteiger partial charge is 0.270 e. The van der Waals surface area contributed by atoms with Crippen LogP contribution in [0, 0.1) is 10.1 Å². The molecule has 0 radical (unpaired) electrons. The molecule has 0 N–H and O–H groups in total. The molecule has 0 aliphatic carbocycles. The first-order chi connectivity index (χ1) is 12.0. The molecule has 25 heavy (non-hydrogen) atoms. The van der Waals surface area contributed by atoms with Gasteiger partial charge in [-0.15, -0.1) is 0 Å². The zero-order chi connectivity index (χ0) is 17.6. The van der Waals surface area contributed by atoms with Crippen molar-refractivity contribution in [1.29, 1.82) is 0 Å². The quantitative estimate of drug-likeness (QED) is 0.521. The Balaban J connectivity index is 1.85. The van der Waals surface area contributed by atoms with Crippen molar-refractivity contribution < 1.29 is 13.3 Å². The van der Waals surface area contributed by atoms with Crippen molar-refractivity contribution in [2.45, 2.75) is 6.42 Å². The Kier molecular flexibility index (Phi) is 3.42. The number of hydrogen-bond acceptors (Lipinski definition) is 6. The number of hydrogen-bond donors (Lipinski definition) is 0. The predicted molar refractivity (Wildman–Crippen MR) is 90.8 cm³/mol. The largest absolute Gasteiger partial charge is 0.333 e. The maximum atomic E-state index is 12.1. The molecule has 9 nitrogen and oxygen atoms in total. The van der Waals surface area contributed by atoms with Crippen LogP contribution in [-0.4, -0.2) is 40.2 Å². The molecule has 4 rings (SSSR count). The van der Waals surface area contributed by atoms with E-state index in [2.05, 4.69) is 10.1 Å². The van der Waals surface area contributed by atoms with Crippen molar-refractivity contribution in [3.8, 4) is 11.3 Å². The molecule has 10 heteroatoms. The number of nitro groups is 1. The fraction of sp³-hybridized carbons (Fsp3) is 0.200. The maximum Gasteiger partial charge on any atom is 0.333 e. The maximum absolute atomic E-state index is 12.1. The summed E-state index contributed by atoms with van der Waals surface area (Å²) in [5.74, 6) is 0.141. The van der Waals surface area contributed by atoms with Gasteiger partial charge in [0.15, 0.2) is 0 Å². The summed E-state index contributed by atoms with van der Waals surface area (Å²) < 4.78 is 27.0. The van der Waals surface area contributed by atoms with Crippen LogP contribution in [0.1, 0.15) is 6.42 Å². The van der Waals surface area contributed by atoms with Crippen LogP contribution in [0.5, 0.6) is 0 Å². The van der Waals surface area contributed by atoms with Crippen molar-refractivity contribution in [2.24, 2.45) is 0 Å². The third-order valence-corrected chi connectivity index (χ3v) is 5.98. The first-order valence-corrected chi connectivity index (χ1v) is 9.16. The van der Waals surface area contributed by atoms with Crippen LogP contribution in [0.4, 0.5) is 11.4 Å². The van der Waals surface area contributed by atoms with Crippen molar-refractivity contribution in [3.63, 3.8) is 0 Å². The van der Waals surface area contributed by atoms with E-state index in [-0.39, 0.29) is 17.1 Å². The average molecular weight is 359 g/mol. The Bertz CT molecular complexity index is 1090. The van der Waals surface area contributed by atoms with Gasteiger partial charge in [-0.1, -0.05) is 12.1 Å². The zero-order valence-corrected chi connectivity index (χ0v) is 13.8. The molecule has 3 aromatic rings. The van der Waals surface area contributed by atoms with Gasteiger partial charge in [0.05, 0.1) is 22.1 Å². The van der Waals surface area contributed by atoms with E-state index in [1.165, 1.54) is 15.0 Å². The van der Waals surface area contributed by atoms with Crippen molar-refractivity contribution in [3.05, 3.63) is 52.8 Å². The van der Waals surface area contributed by atoms with E-state index in [1.807, 2.05) is 0 Å². The van der Waals surface area contributed by atoms with E-state index in [4.69, 9.17) is 0 Å². The third kappa shape index (κ3) is 2.50. The van der Waals surface area contributed by atoms with Gasteiger partial charge in [-0.05, 0) is 24.6 Å². The summed E-state index contributed by atoms with van der Waals surface area (Å²) in [5, 5.41) is 15.1. The number of nitrogens with zero attached hydrogens (tertiary/aromatic N) is 5. The Hall–Kier alpha value is -3.01. The standard InChI is InChI=1S/C15H13N5O4S/c21-20(22)14-10-17-19-13(5-6-16-15(14)19)11-3-1-4-12(9-11)18-7-2-8-25(18,23)24/h1,3-6,9-10H,2,7-8H2. The number of anilines is 1. The molecular weight excluding hydrogens is 346 g/mol. The number of aromatic nitrogens is 3. The Labute approximate surface area is 142 Å². The molecule has 0 spiro atoms. The Morgan fingerprint density at radius 1 is 1.24 bits per heavy atom. The molecule has 0 amide bonds. The number of benzene rings is 1. The highest BCUT2D eigenvalue weighted by Crippen LogP contribution is 2.30. The van der Waals surface area contributed by atoms with Gasteiger partial charge in [0, 0.05) is 18.3 Å². The molecule has 0 bridgehead atoms. The van der Waals surface area contributed by atoms with Crippen LogP contribution in [0.15, 0.2) is 42.7 Å². The lowest BCUT2D eigenvalue weighted by molar-refractivity contribution is -0.383. The summed E-state index contributed by atoms with van der Waals surface area (Å²) in [4.78, 5) is 14.6. The lowest BCUT2D eigenvalue weighted by Crippen LogP contribution is -2.24. The summed E-state index contributed by atoms with van der Waals surface area (Å²) in [7, 11) is -3.28. The number of rotatable bonds is 3. The molecule has 0 atom stereocenters. The van der Waals surface area contributed by atoms with Gasteiger partial charge in [-0.3, -0.25) is 14.4 Å². The minimum absolute atomic E-state index is 0.140. The number of fused-ring (bicyclic) bond motifs is 1. The molecule has 2 aromatic heterocycles. The molecular formula is C15H13N5O4S. The van der Waals surface area contributed by atoms with Crippen molar-refractivity contribution >= 4 is 27.0 Å². The van der Waals surface area contributed by atoms with Gasteiger partial charge in [0.2, 0.25) is 15.7 Å². The Morgan fingerprint density at radius 3 is 2.80 bits per heavy atom. The summed E-state index contributed by atoms with van der Waals surface area (Å²) >= 11 is 0. The summed E-state index contributed by atoms with van der Waals surface area (Å²) in [6.07, 6.45) is 3.22. The lowest BCUT2D eigenvalue weighted by Gasteiger charge is -2.17. The molecule has 1 aliphatic rings. The number of sulfonamides is 1. The van der Waals surface area contributed by atoms with Crippen LogP contribution in [0.3, 0.4) is 0 Å². The topological polar surface area (TPSA) is 111 Å². The van der Waals surface area contributed by atoms with Gasteiger partial charge >= 0.3 is 5.69 Å². The highest BCUT2D eigenvalue weighted by Gasteiger charge is 2.28. The second-order valence-electron chi connectivity index (χ2n) is 5.64. The van der Waals surface area contributed by atoms with Crippen LogP contribution in [0.25, 0.3) is 16.9 Å². The van der Waals surface area contributed by atoms with Gasteiger partial charge < -0.3 is 0 Å². The molecule has 1 fully saturated rings. The van der Waals surface area contributed by atoms with E-state index in [9.17, 15) is 18.5 Å². The zero-order valence-electron chi connectivity index (χ0n) is 12.9. The third-order valence-electron chi connectivity index (χ3n) is 4.11. The van der Waals surface area contributed by atoms with Gasteiger partial charge in [0.1, 0.15) is 6.20 Å². The van der Waals surface area contributed by atoms with Crippen LogP contribution < -0.4 is 4.31 Å². The SMILES string of the molecule is O=[N+]([O-])c1cnn2c(-c3cccc(N4CCCS4(=O)=O)c3)ccnc12. The Morgan fingerprint density at radius 2 is 2.08 bits per heavy atom. The molecule has 3 heterocycles. The monoisotopic (exact) mass is 359 g/mol. The molecule has 0 unspecified atom stereocenters. The van der Waals surface area contributed by atoms with Gasteiger partial charge in [0.25, 0.3) is 0 Å². The van der Waals surface area contributed by atoms with E-state index >= 15 is 0 Å². The average Bonchev–Trinajstić information content (AvgIpc) is 3.17.